The second-order valence-electron chi connectivity index (χ2n) is 5.66. The van der Waals surface area contributed by atoms with Crippen LogP contribution in [0.25, 0.3) is 21.5 Å². The highest BCUT2D eigenvalue weighted by atomic mass is 32.1. The summed E-state index contributed by atoms with van der Waals surface area (Å²) in [7, 11) is 1.31. The van der Waals surface area contributed by atoms with E-state index in [1.54, 1.807) is 28.8 Å². The number of nitrogens with zero attached hydrogens (tertiary/aromatic N) is 1. The molecule has 27 heavy (non-hydrogen) atoms. The Kier molecular flexibility index (Phi) is 4.70. The first-order valence-corrected chi connectivity index (χ1v) is 9.84. The minimum Gasteiger partial charge on any atom is -0.465 e. The van der Waals surface area contributed by atoms with E-state index in [0.29, 0.717) is 16.1 Å². The minimum atomic E-state index is -0.481. The third-order valence-electron chi connectivity index (χ3n) is 4.03. The van der Waals surface area contributed by atoms with E-state index in [0.717, 1.165) is 21.5 Å². The molecule has 0 radical (unpaired) electrons. The van der Waals surface area contributed by atoms with Gasteiger partial charge >= 0.3 is 5.97 Å². The van der Waals surface area contributed by atoms with Crippen LogP contribution in [0.2, 0.25) is 0 Å². The van der Waals surface area contributed by atoms with Crippen molar-refractivity contribution in [1.29, 1.82) is 0 Å². The van der Waals surface area contributed by atoms with Gasteiger partial charge in [-0.3, -0.25) is 4.79 Å². The zero-order valence-electron chi connectivity index (χ0n) is 14.3. The van der Waals surface area contributed by atoms with Gasteiger partial charge in [0, 0.05) is 5.39 Å². The van der Waals surface area contributed by atoms with Crippen LogP contribution in [-0.2, 0) is 4.74 Å². The lowest BCUT2D eigenvalue weighted by molar-refractivity contribution is 0.0602. The fourth-order valence-corrected chi connectivity index (χ4v) is 4.22. The van der Waals surface area contributed by atoms with Crippen LogP contribution in [0.5, 0.6) is 0 Å². The van der Waals surface area contributed by atoms with E-state index in [1.165, 1.54) is 18.4 Å². The summed E-state index contributed by atoms with van der Waals surface area (Å²) < 4.78 is 4.77. The smallest absolute Gasteiger partial charge is 0.340 e. The van der Waals surface area contributed by atoms with Gasteiger partial charge in [0.2, 0.25) is 0 Å². The molecule has 1 aromatic carbocycles. The van der Waals surface area contributed by atoms with E-state index in [9.17, 15) is 9.59 Å². The summed E-state index contributed by atoms with van der Waals surface area (Å²) in [5, 5.41) is 7.77. The molecular formula is C20H14N2O3S2. The van der Waals surface area contributed by atoms with Crippen molar-refractivity contribution in [3.8, 4) is 10.6 Å². The van der Waals surface area contributed by atoms with Gasteiger partial charge in [0.1, 0.15) is 5.00 Å². The number of hydrogen-bond acceptors (Lipinski definition) is 6. The molecule has 0 aliphatic carbocycles. The largest absolute Gasteiger partial charge is 0.465 e. The average Bonchev–Trinajstić information content (AvgIpc) is 3.38. The average molecular weight is 394 g/mol. The Bertz CT molecular complexity index is 1130. The SMILES string of the molecule is COC(=O)c1ccsc1NC(=O)c1cc(-c2cccs2)nc2ccccc12. The molecule has 4 rings (SSSR count). The molecule has 0 unspecified atom stereocenters. The first-order chi connectivity index (χ1) is 13.2. The normalized spacial score (nSPS) is 10.7. The highest BCUT2D eigenvalue weighted by Gasteiger charge is 2.19. The van der Waals surface area contributed by atoms with Gasteiger partial charge in [-0.1, -0.05) is 24.3 Å². The lowest BCUT2D eigenvalue weighted by Crippen LogP contribution is -2.14. The number of rotatable bonds is 4. The molecule has 0 atom stereocenters. The summed E-state index contributed by atoms with van der Waals surface area (Å²) in [6.07, 6.45) is 0. The maximum Gasteiger partial charge on any atom is 0.340 e. The van der Waals surface area contributed by atoms with Gasteiger partial charge in [0.15, 0.2) is 0 Å². The van der Waals surface area contributed by atoms with Crippen molar-refractivity contribution in [2.45, 2.75) is 0 Å². The van der Waals surface area contributed by atoms with Gasteiger partial charge in [-0.15, -0.1) is 22.7 Å². The summed E-state index contributed by atoms with van der Waals surface area (Å²) in [6.45, 7) is 0. The second-order valence-corrected chi connectivity index (χ2v) is 7.52. The molecule has 1 amide bonds. The number of aromatic nitrogens is 1. The quantitative estimate of drug-likeness (QED) is 0.491. The molecule has 3 aromatic heterocycles. The molecular weight excluding hydrogens is 380 g/mol. The molecule has 7 heteroatoms. The number of para-hydroxylation sites is 1. The minimum absolute atomic E-state index is 0.293. The van der Waals surface area contributed by atoms with Crippen LogP contribution in [0.15, 0.2) is 59.3 Å². The van der Waals surface area contributed by atoms with Crippen LogP contribution >= 0.6 is 22.7 Å². The fourth-order valence-electron chi connectivity index (χ4n) is 2.76. The number of hydrogen-bond donors (Lipinski definition) is 1. The van der Waals surface area contributed by atoms with Crippen molar-refractivity contribution in [3.05, 3.63) is 70.4 Å². The number of benzene rings is 1. The number of esters is 1. The Labute approximate surface area is 163 Å². The summed E-state index contributed by atoms with van der Waals surface area (Å²) in [4.78, 5) is 30.6. The lowest BCUT2D eigenvalue weighted by Gasteiger charge is -2.10. The molecule has 0 bridgehead atoms. The van der Waals surface area contributed by atoms with Gasteiger partial charge in [0.25, 0.3) is 5.91 Å². The first-order valence-electron chi connectivity index (χ1n) is 8.08. The van der Waals surface area contributed by atoms with E-state index < -0.39 is 5.97 Å². The molecule has 5 nitrogen and oxygen atoms in total. The number of ether oxygens (including phenoxy) is 1. The van der Waals surface area contributed by atoms with E-state index in [-0.39, 0.29) is 5.91 Å². The van der Waals surface area contributed by atoms with Crippen molar-refractivity contribution in [2.75, 3.05) is 12.4 Å². The van der Waals surface area contributed by atoms with E-state index in [2.05, 4.69) is 10.3 Å². The fraction of sp³-hybridized carbons (Fsp3) is 0.0500. The molecule has 4 aromatic rings. The Balaban J connectivity index is 1.77. The molecule has 0 aliphatic heterocycles. The van der Waals surface area contributed by atoms with E-state index >= 15 is 0 Å². The molecule has 1 N–H and O–H groups in total. The Hall–Kier alpha value is -3.03. The zero-order chi connectivity index (χ0) is 18.8. The zero-order valence-corrected chi connectivity index (χ0v) is 15.9. The van der Waals surface area contributed by atoms with Crippen LogP contribution in [0.4, 0.5) is 5.00 Å². The lowest BCUT2D eigenvalue weighted by atomic mass is 10.1. The molecule has 0 fully saturated rings. The number of thiophene rings is 2. The van der Waals surface area contributed by atoms with Gasteiger partial charge < -0.3 is 10.1 Å². The standard InChI is InChI=1S/C20H14N2O3S2/c1-25-20(24)13-8-10-27-19(13)22-18(23)14-11-16(17-7-4-9-26-17)21-15-6-3-2-5-12(14)15/h2-11H,1H3,(H,22,23). The van der Waals surface area contributed by atoms with Crippen molar-refractivity contribution in [1.82, 2.24) is 4.98 Å². The molecule has 0 aliphatic rings. The van der Waals surface area contributed by atoms with Gasteiger partial charge in [0.05, 0.1) is 34.3 Å². The van der Waals surface area contributed by atoms with Crippen LogP contribution in [0, 0.1) is 0 Å². The predicted molar refractivity (Wildman–Crippen MR) is 109 cm³/mol. The van der Waals surface area contributed by atoms with Gasteiger partial charge in [-0.2, -0.15) is 0 Å². The van der Waals surface area contributed by atoms with Crippen molar-refractivity contribution in [2.24, 2.45) is 0 Å². The Morgan fingerprint density at radius 2 is 1.85 bits per heavy atom. The van der Waals surface area contributed by atoms with Crippen LogP contribution < -0.4 is 5.32 Å². The Morgan fingerprint density at radius 3 is 2.63 bits per heavy atom. The van der Waals surface area contributed by atoms with Crippen LogP contribution in [0.1, 0.15) is 20.7 Å². The van der Waals surface area contributed by atoms with Crippen molar-refractivity contribution in [3.63, 3.8) is 0 Å². The number of methoxy groups -OCH3 is 1. The van der Waals surface area contributed by atoms with Gasteiger partial charge in [-0.25, -0.2) is 9.78 Å². The first kappa shape index (κ1) is 17.4. The van der Waals surface area contributed by atoms with Crippen LogP contribution in [-0.4, -0.2) is 24.0 Å². The topological polar surface area (TPSA) is 68.3 Å². The summed E-state index contributed by atoms with van der Waals surface area (Å²) in [5.74, 6) is -0.774. The second kappa shape index (κ2) is 7.30. The Morgan fingerprint density at radius 1 is 1.00 bits per heavy atom. The van der Waals surface area contributed by atoms with E-state index in [1.807, 2.05) is 41.8 Å². The maximum absolute atomic E-state index is 13.0. The number of anilines is 1. The maximum atomic E-state index is 13.0. The number of amides is 1. The number of carbonyl (C=O) groups excluding carboxylic acids is 2. The van der Waals surface area contributed by atoms with Gasteiger partial charge in [-0.05, 0) is 35.0 Å². The molecule has 134 valence electrons. The monoisotopic (exact) mass is 394 g/mol. The number of fused-ring (bicyclic) bond motifs is 1. The predicted octanol–water partition coefficient (Wildman–Crippen LogP) is 5.06. The molecule has 3 heterocycles. The molecule has 0 spiro atoms. The molecule has 0 saturated heterocycles. The van der Waals surface area contributed by atoms with Crippen molar-refractivity contribution < 1.29 is 14.3 Å². The van der Waals surface area contributed by atoms with Crippen LogP contribution in [0.3, 0.4) is 0 Å². The summed E-state index contributed by atoms with van der Waals surface area (Å²) in [6, 6.07) is 14.9. The highest BCUT2D eigenvalue weighted by Crippen LogP contribution is 2.30. The third-order valence-corrected chi connectivity index (χ3v) is 5.75. The van der Waals surface area contributed by atoms with E-state index in [4.69, 9.17) is 4.74 Å². The number of pyridine rings is 1. The third kappa shape index (κ3) is 3.34. The number of nitrogens with one attached hydrogen (secondary N) is 1. The highest BCUT2D eigenvalue weighted by molar-refractivity contribution is 7.14. The summed E-state index contributed by atoms with van der Waals surface area (Å²) in [5.41, 5.74) is 2.34. The summed E-state index contributed by atoms with van der Waals surface area (Å²) >= 11 is 2.84. The molecule has 0 saturated carbocycles. The van der Waals surface area contributed by atoms with Crippen molar-refractivity contribution >= 4 is 50.5 Å². The number of carbonyl (C=O) groups is 2.